The maximum absolute atomic E-state index is 11.4. The number of aromatic amines is 1. The Labute approximate surface area is 99.9 Å². The number of rotatable bonds is 0. The highest BCUT2D eigenvalue weighted by atomic mass is 16.1. The van der Waals surface area contributed by atoms with Crippen LogP contribution in [0.2, 0.25) is 0 Å². The predicted molar refractivity (Wildman–Crippen MR) is 68.8 cm³/mol. The summed E-state index contributed by atoms with van der Waals surface area (Å²) in [5.74, 6) is 1.66. The lowest BCUT2D eigenvalue weighted by Crippen LogP contribution is -2.12. The van der Waals surface area contributed by atoms with E-state index in [0.717, 1.165) is 5.92 Å². The largest absolute Gasteiger partial charge is 0.369 e. The van der Waals surface area contributed by atoms with Crippen LogP contribution in [-0.4, -0.2) is 19.5 Å². The van der Waals surface area contributed by atoms with E-state index in [0.29, 0.717) is 22.9 Å². The van der Waals surface area contributed by atoms with E-state index in [4.69, 9.17) is 5.73 Å². The first-order valence-corrected chi connectivity index (χ1v) is 5.51. The second kappa shape index (κ2) is 4.99. The first kappa shape index (κ1) is 13.2. The highest BCUT2D eigenvalue weighted by Crippen LogP contribution is 2.08. The summed E-state index contributed by atoms with van der Waals surface area (Å²) >= 11 is 0. The number of nitrogens with two attached hydrogens (primary N) is 1. The molecule has 0 atom stereocenters. The molecular formula is C11H19N5O. The average Bonchev–Trinajstić information content (AvgIpc) is 2.40. The number of nitrogens with zero attached hydrogens (tertiary/aromatic N) is 3. The van der Waals surface area contributed by atoms with Gasteiger partial charge in [0.15, 0.2) is 11.2 Å². The van der Waals surface area contributed by atoms with Gasteiger partial charge in [-0.15, -0.1) is 0 Å². The molecule has 0 aliphatic rings. The normalized spacial score (nSPS) is 10.5. The van der Waals surface area contributed by atoms with Crippen LogP contribution in [0.15, 0.2) is 4.79 Å². The summed E-state index contributed by atoms with van der Waals surface area (Å²) in [4.78, 5) is 22.0. The zero-order valence-electron chi connectivity index (χ0n) is 10.9. The first-order chi connectivity index (χ1) is 7.82. The summed E-state index contributed by atoms with van der Waals surface area (Å²) in [6, 6.07) is 0. The van der Waals surface area contributed by atoms with Crippen LogP contribution in [-0.2, 0) is 7.05 Å². The molecule has 0 unspecified atom stereocenters. The predicted octanol–water partition coefficient (Wildman–Crippen LogP) is 1.21. The molecule has 0 spiro atoms. The van der Waals surface area contributed by atoms with E-state index in [9.17, 15) is 4.79 Å². The van der Waals surface area contributed by atoms with Crippen molar-refractivity contribution in [2.24, 2.45) is 13.0 Å². The summed E-state index contributed by atoms with van der Waals surface area (Å²) in [5, 5.41) is 0. The van der Waals surface area contributed by atoms with E-state index in [1.807, 2.05) is 0 Å². The van der Waals surface area contributed by atoms with Gasteiger partial charge in [0.2, 0.25) is 5.95 Å². The molecule has 0 aromatic carbocycles. The van der Waals surface area contributed by atoms with Gasteiger partial charge in [0.25, 0.3) is 5.56 Å². The van der Waals surface area contributed by atoms with Crippen molar-refractivity contribution in [1.82, 2.24) is 19.5 Å². The van der Waals surface area contributed by atoms with Crippen LogP contribution in [0.1, 0.15) is 26.6 Å². The van der Waals surface area contributed by atoms with E-state index in [1.54, 1.807) is 14.0 Å². The zero-order chi connectivity index (χ0) is 13.2. The molecule has 17 heavy (non-hydrogen) atoms. The van der Waals surface area contributed by atoms with Crippen molar-refractivity contribution in [3.63, 3.8) is 0 Å². The number of hydrogen-bond acceptors (Lipinski definition) is 4. The quantitative estimate of drug-likeness (QED) is 0.720. The summed E-state index contributed by atoms with van der Waals surface area (Å²) in [5.41, 5.74) is 6.11. The third-order valence-corrected chi connectivity index (χ3v) is 1.89. The summed E-state index contributed by atoms with van der Waals surface area (Å²) in [6.45, 7) is 8.20. The molecule has 0 aliphatic carbocycles. The van der Waals surface area contributed by atoms with Crippen LogP contribution in [0.25, 0.3) is 11.2 Å². The van der Waals surface area contributed by atoms with Crippen molar-refractivity contribution in [3.05, 3.63) is 16.2 Å². The van der Waals surface area contributed by atoms with Crippen LogP contribution >= 0.6 is 0 Å². The molecule has 2 rings (SSSR count). The van der Waals surface area contributed by atoms with Crippen molar-refractivity contribution in [3.8, 4) is 0 Å². The molecular weight excluding hydrogens is 218 g/mol. The number of hydrogen-bond donors (Lipinski definition) is 2. The van der Waals surface area contributed by atoms with Crippen molar-refractivity contribution < 1.29 is 0 Å². The summed E-state index contributed by atoms with van der Waals surface area (Å²) in [7, 11) is 1.68. The second-order valence-electron chi connectivity index (χ2n) is 4.58. The van der Waals surface area contributed by atoms with Crippen molar-refractivity contribution >= 4 is 17.1 Å². The van der Waals surface area contributed by atoms with E-state index in [2.05, 4.69) is 35.7 Å². The van der Waals surface area contributed by atoms with Gasteiger partial charge in [0.05, 0.1) is 0 Å². The third kappa shape index (κ3) is 3.05. The number of aromatic nitrogens is 4. The minimum absolute atomic E-state index is 0.214. The van der Waals surface area contributed by atoms with Crippen LogP contribution < -0.4 is 11.3 Å². The fourth-order valence-electron chi connectivity index (χ4n) is 1.24. The number of fused-ring (bicyclic) bond motifs is 1. The summed E-state index contributed by atoms with van der Waals surface area (Å²) in [6.07, 6.45) is 0. The summed E-state index contributed by atoms with van der Waals surface area (Å²) < 4.78 is 1.51. The molecule has 0 aliphatic heterocycles. The van der Waals surface area contributed by atoms with Crippen LogP contribution in [0, 0.1) is 12.8 Å². The van der Waals surface area contributed by atoms with Gasteiger partial charge in [-0.3, -0.25) is 4.79 Å². The lowest BCUT2D eigenvalue weighted by atomic mass is 10.3. The molecule has 0 bridgehead atoms. The smallest absolute Gasteiger partial charge is 0.277 e. The maximum Gasteiger partial charge on any atom is 0.277 e. The molecule has 2 aromatic rings. The van der Waals surface area contributed by atoms with Gasteiger partial charge >= 0.3 is 0 Å². The topological polar surface area (TPSA) is 89.6 Å². The molecule has 0 saturated carbocycles. The fourth-order valence-corrected chi connectivity index (χ4v) is 1.24. The number of aryl methyl sites for hydroxylation is 2. The number of anilines is 1. The third-order valence-electron chi connectivity index (χ3n) is 1.89. The minimum atomic E-state index is -0.214. The molecule has 6 nitrogen and oxygen atoms in total. The number of nitrogens with one attached hydrogen (secondary N) is 1. The minimum Gasteiger partial charge on any atom is -0.369 e. The molecule has 94 valence electrons. The van der Waals surface area contributed by atoms with Gasteiger partial charge in [0, 0.05) is 7.05 Å². The van der Waals surface area contributed by atoms with E-state index in [-0.39, 0.29) is 5.56 Å². The van der Waals surface area contributed by atoms with Gasteiger partial charge in [-0.1, -0.05) is 20.8 Å². The highest BCUT2D eigenvalue weighted by molar-refractivity contribution is 5.72. The Kier molecular flexibility index (Phi) is 3.88. The Morgan fingerprint density at radius 2 is 1.82 bits per heavy atom. The van der Waals surface area contributed by atoms with Crippen LogP contribution in [0.5, 0.6) is 0 Å². The van der Waals surface area contributed by atoms with Crippen LogP contribution in [0.4, 0.5) is 5.95 Å². The molecule has 0 amide bonds. The van der Waals surface area contributed by atoms with Crippen LogP contribution in [0.3, 0.4) is 0 Å². The molecule has 3 N–H and O–H groups in total. The lowest BCUT2D eigenvalue weighted by molar-refractivity contribution is 0.737. The Morgan fingerprint density at radius 1 is 1.29 bits per heavy atom. The molecule has 0 radical (unpaired) electrons. The second-order valence-corrected chi connectivity index (χ2v) is 4.58. The van der Waals surface area contributed by atoms with Gasteiger partial charge in [-0.05, 0) is 12.8 Å². The SMILES string of the molecule is CC(C)C.Cc1nc2nc(N)n(C)c2c(=O)[nH]1. The lowest BCUT2D eigenvalue weighted by Gasteiger charge is -1.94. The van der Waals surface area contributed by atoms with Gasteiger partial charge in [-0.2, -0.15) is 4.98 Å². The number of nitrogen functional groups attached to an aromatic ring is 1. The fraction of sp³-hybridized carbons (Fsp3) is 0.545. The Hall–Kier alpha value is -1.85. The zero-order valence-corrected chi connectivity index (χ0v) is 10.9. The number of imidazole rings is 1. The molecule has 0 fully saturated rings. The van der Waals surface area contributed by atoms with E-state index >= 15 is 0 Å². The van der Waals surface area contributed by atoms with Crippen molar-refractivity contribution in [2.75, 3.05) is 5.73 Å². The van der Waals surface area contributed by atoms with E-state index < -0.39 is 0 Å². The van der Waals surface area contributed by atoms with Crippen molar-refractivity contribution in [2.45, 2.75) is 27.7 Å². The maximum atomic E-state index is 11.4. The molecule has 0 saturated heterocycles. The van der Waals surface area contributed by atoms with Crippen molar-refractivity contribution in [1.29, 1.82) is 0 Å². The van der Waals surface area contributed by atoms with Gasteiger partial charge in [-0.25, -0.2) is 4.98 Å². The average molecular weight is 237 g/mol. The standard InChI is InChI=1S/C7H9N5O.C4H10/c1-3-9-5-4(6(13)10-3)12(2)7(8)11-5;1-4(2)3/h1-2H3,(H3,8,9,10,11,13);4H,1-3H3. The monoisotopic (exact) mass is 237 g/mol. The Morgan fingerprint density at radius 3 is 2.35 bits per heavy atom. The Bertz CT molecular complexity index is 564. The molecule has 2 aromatic heterocycles. The van der Waals surface area contributed by atoms with Gasteiger partial charge < -0.3 is 15.3 Å². The van der Waals surface area contributed by atoms with Gasteiger partial charge in [0.1, 0.15) is 5.82 Å². The Balaban J connectivity index is 0.000000317. The highest BCUT2D eigenvalue weighted by Gasteiger charge is 2.09. The number of H-pyrrole nitrogens is 1. The molecule has 2 heterocycles. The first-order valence-electron chi connectivity index (χ1n) is 5.51. The molecule has 6 heteroatoms. The van der Waals surface area contributed by atoms with E-state index in [1.165, 1.54) is 4.57 Å².